The molecule has 1 amide bonds. The molecular formula is C29H31F3N4O2. The Morgan fingerprint density at radius 2 is 2.00 bits per heavy atom. The highest BCUT2D eigenvalue weighted by Crippen LogP contribution is 2.67. The Balaban J connectivity index is 1.19. The summed E-state index contributed by atoms with van der Waals surface area (Å²) in [6.45, 7) is 1.18. The molecule has 9 heteroatoms. The lowest BCUT2D eigenvalue weighted by Gasteiger charge is -2.45. The van der Waals surface area contributed by atoms with E-state index in [0.717, 1.165) is 45.5 Å². The molecule has 0 radical (unpaired) electrons. The number of alkyl halides is 3. The average molecular weight is 525 g/mol. The summed E-state index contributed by atoms with van der Waals surface area (Å²) >= 11 is 0. The summed E-state index contributed by atoms with van der Waals surface area (Å²) in [4.78, 5) is 21.0. The third-order valence-corrected chi connectivity index (χ3v) is 9.57. The lowest BCUT2D eigenvalue weighted by Crippen LogP contribution is -2.43. The molecule has 6 nitrogen and oxygen atoms in total. The van der Waals surface area contributed by atoms with E-state index < -0.39 is 18.6 Å². The second-order valence-electron chi connectivity index (χ2n) is 11.6. The molecule has 38 heavy (non-hydrogen) atoms. The molecule has 3 aromatic rings. The summed E-state index contributed by atoms with van der Waals surface area (Å²) in [5, 5.41) is 0. The fourth-order valence-corrected chi connectivity index (χ4v) is 8.08. The number of aromatic nitrogens is 2. The van der Waals surface area contributed by atoms with Crippen molar-refractivity contribution in [3.8, 4) is 17.0 Å². The highest BCUT2D eigenvalue weighted by molar-refractivity contribution is 6.00. The van der Waals surface area contributed by atoms with Gasteiger partial charge in [-0.1, -0.05) is 0 Å². The number of likely N-dealkylation sites (tertiary alicyclic amines) is 1. The predicted octanol–water partition coefficient (Wildman–Crippen LogP) is 4.87. The number of methoxy groups -OCH3 is 1. The smallest absolute Gasteiger partial charge is 0.406 e. The molecule has 2 aromatic heterocycles. The number of carbonyl (C=O) groups is 1. The molecule has 4 fully saturated rings. The van der Waals surface area contributed by atoms with Crippen molar-refractivity contribution < 1.29 is 22.7 Å². The van der Waals surface area contributed by atoms with Gasteiger partial charge in [0.1, 0.15) is 17.9 Å². The van der Waals surface area contributed by atoms with Crippen molar-refractivity contribution in [3.05, 3.63) is 53.3 Å². The highest BCUT2D eigenvalue weighted by Gasteiger charge is 2.60. The third-order valence-electron chi connectivity index (χ3n) is 9.57. The van der Waals surface area contributed by atoms with Gasteiger partial charge in [-0.2, -0.15) is 13.2 Å². The van der Waals surface area contributed by atoms with Crippen LogP contribution >= 0.6 is 0 Å². The van der Waals surface area contributed by atoms with Gasteiger partial charge in [0.25, 0.3) is 5.91 Å². The largest absolute Gasteiger partial charge is 0.496 e. The van der Waals surface area contributed by atoms with Crippen molar-refractivity contribution >= 4 is 11.6 Å². The zero-order valence-corrected chi connectivity index (χ0v) is 21.5. The molecule has 4 heterocycles. The molecular weight excluding hydrogens is 493 g/mol. The van der Waals surface area contributed by atoms with Crippen LogP contribution in [0.2, 0.25) is 0 Å². The number of imidazole rings is 1. The van der Waals surface area contributed by atoms with Crippen LogP contribution in [0.3, 0.4) is 0 Å². The fourth-order valence-electron chi connectivity index (χ4n) is 8.08. The number of fused-ring (bicyclic) bond motifs is 2. The Kier molecular flexibility index (Phi) is 5.35. The Hall–Kier alpha value is -3.07. The van der Waals surface area contributed by atoms with Crippen LogP contribution in [0.5, 0.6) is 5.75 Å². The first-order chi connectivity index (χ1) is 18.2. The van der Waals surface area contributed by atoms with Crippen molar-refractivity contribution in [1.82, 2.24) is 19.2 Å². The van der Waals surface area contributed by atoms with Gasteiger partial charge in [-0.05, 0) is 97.8 Å². The number of ether oxygens (including phenoxy) is 1. The average Bonchev–Trinajstić information content (AvgIpc) is 3.53. The van der Waals surface area contributed by atoms with Crippen LogP contribution < -0.4 is 4.74 Å². The Morgan fingerprint density at radius 3 is 2.79 bits per heavy atom. The van der Waals surface area contributed by atoms with Crippen LogP contribution in [0.1, 0.15) is 40.2 Å². The van der Waals surface area contributed by atoms with Crippen LogP contribution in [0, 0.1) is 23.7 Å². The summed E-state index contributed by atoms with van der Waals surface area (Å²) in [5.41, 5.74) is 4.88. The van der Waals surface area contributed by atoms with E-state index in [-0.39, 0.29) is 12.1 Å². The Bertz CT molecular complexity index is 1420. The molecule has 4 bridgehead atoms. The molecule has 5 unspecified atom stereocenters. The van der Waals surface area contributed by atoms with E-state index in [1.165, 1.54) is 38.6 Å². The summed E-state index contributed by atoms with van der Waals surface area (Å²) in [6.07, 6.45) is 2.45. The number of amides is 1. The number of hydrogen-bond acceptors (Lipinski definition) is 4. The van der Waals surface area contributed by atoms with Crippen LogP contribution in [0.25, 0.3) is 16.9 Å². The Labute approximate surface area is 219 Å². The van der Waals surface area contributed by atoms with Crippen LogP contribution in [0.4, 0.5) is 13.2 Å². The molecule has 2 aliphatic heterocycles. The van der Waals surface area contributed by atoms with Gasteiger partial charge >= 0.3 is 6.18 Å². The minimum atomic E-state index is -4.44. The van der Waals surface area contributed by atoms with E-state index in [2.05, 4.69) is 30.3 Å². The lowest BCUT2D eigenvalue weighted by molar-refractivity contribution is -0.141. The standard InChI is InChI=1S/C29H31F3N4O2/c1-34-6-5-20-21-10-19(14-34)26(20)25(21)17-4-8-36-22(13-33-24(36)12-17)18-9-16-3-7-35(15-29(30,31)32)28(37)27(16)23(11-18)38-2/h4,8-9,11-13,19-21,25-26H,3,5-7,10,14-15H2,1-2H3. The van der Waals surface area contributed by atoms with Crippen LogP contribution in [-0.4, -0.2) is 71.6 Å². The van der Waals surface area contributed by atoms with Gasteiger partial charge in [0.05, 0.1) is 24.6 Å². The predicted molar refractivity (Wildman–Crippen MR) is 136 cm³/mol. The number of nitrogens with zero attached hydrogens (tertiary/aromatic N) is 4. The molecule has 3 saturated carbocycles. The van der Waals surface area contributed by atoms with Gasteiger partial charge in [0.15, 0.2) is 0 Å². The second kappa shape index (κ2) is 8.46. The Morgan fingerprint density at radius 1 is 1.16 bits per heavy atom. The van der Waals surface area contributed by atoms with Crippen molar-refractivity contribution in [2.24, 2.45) is 23.7 Å². The molecule has 0 spiro atoms. The van der Waals surface area contributed by atoms with Crippen molar-refractivity contribution in [3.63, 3.8) is 0 Å². The van der Waals surface area contributed by atoms with E-state index in [4.69, 9.17) is 9.72 Å². The molecule has 5 atom stereocenters. The van der Waals surface area contributed by atoms with Crippen LogP contribution in [-0.2, 0) is 6.42 Å². The normalized spacial score (nSPS) is 28.8. The number of pyridine rings is 1. The third kappa shape index (κ3) is 3.65. The molecule has 1 aromatic carbocycles. The van der Waals surface area contributed by atoms with Gasteiger partial charge in [0, 0.05) is 24.8 Å². The zero-order valence-electron chi connectivity index (χ0n) is 21.5. The first-order valence-corrected chi connectivity index (χ1v) is 13.4. The first kappa shape index (κ1) is 24.0. The van der Waals surface area contributed by atoms with Crippen molar-refractivity contribution in [1.29, 1.82) is 0 Å². The van der Waals surface area contributed by atoms with Gasteiger partial charge < -0.3 is 14.5 Å². The van der Waals surface area contributed by atoms with Crippen molar-refractivity contribution in [2.45, 2.75) is 31.4 Å². The van der Waals surface area contributed by atoms with E-state index >= 15 is 0 Å². The maximum Gasteiger partial charge on any atom is 0.406 e. The topological polar surface area (TPSA) is 50.1 Å². The van der Waals surface area contributed by atoms with E-state index in [0.29, 0.717) is 23.7 Å². The van der Waals surface area contributed by atoms with Crippen LogP contribution in [0.15, 0.2) is 36.7 Å². The summed E-state index contributed by atoms with van der Waals surface area (Å²) in [5.74, 6) is 3.49. The molecule has 0 N–H and O–H groups in total. The maximum atomic E-state index is 13.0. The molecule has 5 aliphatic rings. The minimum absolute atomic E-state index is 0.0238. The van der Waals surface area contributed by atoms with E-state index in [1.807, 2.05) is 16.7 Å². The first-order valence-electron chi connectivity index (χ1n) is 13.4. The van der Waals surface area contributed by atoms with Crippen molar-refractivity contribution in [2.75, 3.05) is 40.3 Å². The van der Waals surface area contributed by atoms with Gasteiger partial charge in [-0.15, -0.1) is 0 Å². The summed E-state index contributed by atoms with van der Waals surface area (Å²) in [6, 6.07) is 8.09. The SMILES string of the molecule is COc1cc(-c2cnc3cc(C4C5CC6CN(C)CCC5C64)ccn23)cc2c1C(=O)N(CC(F)(F)F)CC2. The van der Waals surface area contributed by atoms with Gasteiger partial charge in [0.2, 0.25) is 0 Å². The quantitative estimate of drug-likeness (QED) is 0.489. The monoisotopic (exact) mass is 524 g/mol. The minimum Gasteiger partial charge on any atom is -0.496 e. The number of hydrogen-bond donors (Lipinski definition) is 0. The number of halogens is 3. The number of carbonyl (C=O) groups excluding carboxylic acids is 1. The fraction of sp³-hybridized carbons (Fsp3) is 0.517. The summed E-state index contributed by atoms with van der Waals surface area (Å²) in [7, 11) is 3.69. The lowest BCUT2D eigenvalue weighted by atomic mass is 9.59. The molecule has 1 saturated heterocycles. The molecule has 8 rings (SSSR count). The van der Waals surface area contributed by atoms with E-state index in [1.54, 1.807) is 6.07 Å². The second-order valence-corrected chi connectivity index (χ2v) is 11.6. The number of benzene rings is 1. The van der Waals surface area contributed by atoms with Gasteiger partial charge in [-0.25, -0.2) is 4.98 Å². The maximum absolute atomic E-state index is 13.0. The molecule has 200 valence electrons. The summed E-state index contributed by atoms with van der Waals surface area (Å²) < 4.78 is 46.5. The van der Waals surface area contributed by atoms with Gasteiger partial charge in [-0.3, -0.25) is 9.20 Å². The highest BCUT2D eigenvalue weighted by atomic mass is 19.4. The van der Waals surface area contributed by atoms with E-state index in [9.17, 15) is 18.0 Å². The zero-order chi connectivity index (χ0) is 26.3. The molecule has 3 aliphatic carbocycles. The number of rotatable bonds is 4.